The number of hydrogen-bond acceptors (Lipinski definition) is 5. The molecule has 0 spiro atoms. The molecular weight excluding hydrogens is 441 g/mol. The molecule has 0 saturated carbocycles. The Bertz CT molecular complexity index is 1100. The van der Waals surface area contributed by atoms with Crippen molar-refractivity contribution in [1.29, 1.82) is 0 Å². The SMILES string of the molecule is O=C(c1ccc(F)cc1)N1CCC(C(=O)N(CC2CCCO2)c2nc3ccccc3s2)CC1. The molecule has 8 heteroatoms. The number of anilines is 1. The maximum Gasteiger partial charge on any atom is 0.253 e. The Hall–Kier alpha value is -2.84. The van der Waals surface area contributed by atoms with Crippen LogP contribution >= 0.6 is 11.3 Å². The molecule has 33 heavy (non-hydrogen) atoms. The molecule has 2 aliphatic rings. The van der Waals surface area contributed by atoms with Crippen LogP contribution in [0.1, 0.15) is 36.0 Å². The lowest BCUT2D eigenvalue weighted by Gasteiger charge is -2.34. The van der Waals surface area contributed by atoms with Crippen LogP contribution < -0.4 is 4.90 Å². The summed E-state index contributed by atoms with van der Waals surface area (Å²) in [6.45, 7) is 2.24. The summed E-state index contributed by atoms with van der Waals surface area (Å²) in [7, 11) is 0. The Morgan fingerprint density at radius 1 is 1.09 bits per heavy atom. The molecule has 1 unspecified atom stereocenters. The number of nitrogens with zero attached hydrogens (tertiary/aromatic N) is 3. The van der Waals surface area contributed by atoms with E-state index in [0.717, 1.165) is 29.7 Å². The number of fused-ring (bicyclic) bond motifs is 1. The lowest BCUT2D eigenvalue weighted by molar-refractivity contribution is -0.124. The molecule has 3 heterocycles. The topological polar surface area (TPSA) is 62.7 Å². The zero-order valence-electron chi connectivity index (χ0n) is 18.3. The fraction of sp³-hybridized carbons (Fsp3) is 0.400. The highest BCUT2D eigenvalue weighted by atomic mass is 32.1. The lowest BCUT2D eigenvalue weighted by atomic mass is 9.94. The van der Waals surface area contributed by atoms with Crippen molar-refractivity contribution >= 4 is 38.5 Å². The first kappa shape index (κ1) is 22.0. The molecule has 3 aromatic rings. The van der Waals surface area contributed by atoms with Gasteiger partial charge in [-0.25, -0.2) is 9.37 Å². The van der Waals surface area contributed by atoms with E-state index in [2.05, 4.69) is 0 Å². The van der Waals surface area contributed by atoms with Crippen molar-refractivity contribution in [2.45, 2.75) is 31.8 Å². The zero-order chi connectivity index (χ0) is 22.8. The maximum absolute atomic E-state index is 13.6. The normalized spacial score (nSPS) is 19.2. The minimum atomic E-state index is -0.364. The fourth-order valence-electron chi connectivity index (χ4n) is 4.55. The molecule has 0 bridgehead atoms. The first-order valence-electron chi connectivity index (χ1n) is 11.4. The van der Waals surface area contributed by atoms with Crippen molar-refractivity contribution in [3.05, 3.63) is 59.9 Å². The molecule has 6 nitrogen and oxygen atoms in total. The molecule has 1 aromatic heterocycles. The summed E-state index contributed by atoms with van der Waals surface area (Å²) in [6, 6.07) is 13.5. The second-order valence-electron chi connectivity index (χ2n) is 8.62. The molecule has 2 aromatic carbocycles. The van der Waals surface area contributed by atoms with Crippen molar-refractivity contribution in [1.82, 2.24) is 9.88 Å². The van der Waals surface area contributed by atoms with Gasteiger partial charge in [0.1, 0.15) is 5.82 Å². The number of piperidine rings is 1. The molecular formula is C25H26FN3O3S. The van der Waals surface area contributed by atoms with E-state index >= 15 is 0 Å². The zero-order valence-corrected chi connectivity index (χ0v) is 19.1. The number of para-hydroxylation sites is 1. The van der Waals surface area contributed by atoms with E-state index in [0.29, 0.717) is 43.2 Å². The third-order valence-electron chi connectivity index (χ3n) is 6.41. The number of carbonyl (C=O) groups is 2. The molecule has 2 aliphatic heterocycles. The van der Waals surface area contributed by atoms with Crippen molar-refractivity contribution in [3.8, 4) is 0 Å². The highest BCUT2D eigenvalue weighted by Crippen LogP contribution is 2.32. The van der Waals surface area contributed by atoms with Gasteiger partial charge in [0, 0.05) is 31.2 Å². The fourth-order valence-corrected chi connectivity index (χ4v) is 5.54. The standard InChI is InChI=1S/C25H26FN3O3S/c26-19-9-7-17(8-10-19)23(30)28-13-11-18(12-14-28)24(31)29(16-20-4-3-15-32-20)25-27-21-5-1-2-6-22(21)33-25/h1-2,5-10,18,20H,3-4,11-16H2. The van der Waals surface area contributed by atoms with Crippen molar-refractivity contribution in [2.24, 2.45) is 5.92 Å². The van der Waals surface area contributed by atoms with Gasteiger partial charge in [-0.1, -0.05) is 23.5 Å². The summed E-state index contributed by atoms with van der Waals surface area (Å²) in [5.74, 6) is -0.602. The Morgan fingerprint density at radius 3 is 2.55 bits per heavy atom. The number of ether oxygens (including phenoxy) is 1. The number of carbonyl (C=O) groups excluding carboxylic acids is 2. The van der Waals surface area contributed by atoms with Crippen LogP contribution in [0.25, 0.3) is 10.2 Å². The summed E-state index contributed by atoms with van der Waals surface area (Å²) in [4.78, 5) is 34.7. The Labute approximate surface area is 196 Å². The van der Waals surface area contributed by atoms with Gasteiger partial charge in [-0.3, -0.25) is 14.5 Å². The van der Waals surface area contributed by atoms with Gasteiger partial charge in [0.25, 0.3) is 5.91 Å². The molecule has 5 rings (SSSR count). The van der Waals surface area contributed by atoms with E-state index in [-0.39, 0.29) is 29.7 Å². The number of hydrogen-bond donors (Lipinski definition) is 0. The third-order valence-corrected chi connectivity index (χ3v) is 7.47. The van der Waals surface area contributed by atoms with E-state index in [1.165, 1.54) is 35.6 Å². The van der Waals surface area contributed by atoms with Crippen LogP contribution in [0.3, 0.4) is 0 Å². The molecule has 0 radical (unpaired) electrons. The summed E-state index contributed by atoms with van der Waals surface area (Å²) in [5, 5.41) is 0.710. The summed E-state index contributed by atoms with van der Waals surface area (Å²) >= 11 is 1.53. The van der Waals surface area contributed by atoms with Gasteiger partial charge in [0.15, 0.2) is 5.13 Å². The quantitative estimate of drug-likeness (QED) is 0.554. The molecule has 2 saturated heterocycles. The molecule has 172 valence electrons. The van der Waals surface area contributed by atoms with Crippen LogP contribution in [0.15, 0.2) is 48.5 Å². The van der Waals surface area contributed by atoms with Crippen LogP contribution in [0.2, 0.25) is 0 Å². The van der Waals surface area contributed by atoms with Gasteiger partial charge in [-0.15, -0.1) is 0 Å². The van der Waals surface area contributed by atoms with E-state index in [4.69, 9.17) is 9.72 Å². The van der Waals surface area contributed by atoms with Crippen LogP contribution in [-0.4, -0.2) is 54.0 Å². The van der Waals surface area contributed by atoms with Crippen LogP contribution in [0, 0.1) is 11.7 Å². The second kappa shape index (κ2) is 9.57. The van der Waals surface area contributed by atoms with Gasteiger partial charge < -0.3 is 9.64 Å². The smallest absolute Gasteiger partial charge is 0.253 e. The van der Waals surface area contributed by atoms with Gasteiger partial charge in [0.2, 0.25) is 5.91 Å². The Balaban J connectivity index is 1.30. The highest BCUT2D eigenvalue weighted by Gasteiger charge is 2.34. The number of amides is 2. The molecule has 0 aliphatic carbocycles. The number of aromatic nitrogens is 1. The molecule has 2 fully saturated rings. The van der Waals surface area contributed by atoms with Gasteiger partial charge in [0.05, 0.1) is 22.9 Å². The minimum Gasteiger partial charge on any atom is -0.376 e. The minimum absolute atomic E-state index is 0.0288. The average Bonchev–Trinajstić information content (AvgIpc) is 3.52. The first-order valence-corrected chi connectivity index (χ1v) is 12.2. The number of halogens is 1. The van der Waals surface area contributed by atoms with Crippen molar-refractivity contribution in [3.63, 3.8) is 0 Å². The number of likely N-dealkylation sites (tertiary alicyclic amines) is 1. The lowest BCUT2D eigenvalue weighted by Crippen LogP contribution is -2.46. The predicted octanol–water partition coefficient (Wildman–Crippen LogP) is 4.50. The summed E-state index contributed by atoms with van der Waals surface area (Å²) in [5.41, 5.74) is 1.36. The largest absolute Gasteiger partial charge is 0.376 e. The van der Waals surface area contributed by atoms with Crippen LogP contribution in [0.4, 0.5) is 9.52 Å². The molecule has 2 amide bonds. The van der Waals surface area contributed by atoms with Crippen LogP contribution in [0.5, 0.6) is 0 Å². The Kier molecular flexibility index (Phi) is 6.37. The second-order valence-corrected chi connectivity index (χ2v) is 9.63. The monoisotopic (exact) mass is 467 g/mol. The maximum atomic E-state index is 13.6. The predicted molar refractivity (Wildman–Crippen MR) is 126 cm³/mol. The van der Waals surface area contributed by atoms with Crippen LogP contribution in [-0.2, 0) is 9.53 Å². The number of rotatable bonds is 5. The summed E-state index contributed by atoms with van der Waals surface area (Å²) in [6.07, 6.45) is 3.17. The van der Waals surface area contributed by atoms with Crippen molar-refractivity contribution in [2.75, 3.05) is 31.1 Å². The van der Waals surface area contributed by atoms with E-state index in [1.807, 2.05) is 29.2 Å². The van der Waals surface area contributed by atoms with E-state index < -0.39 is 0 Å². The number of benzene rings is 2. The van der Waals surface area contributed by atoms with E-state index in [9.17, 15) is 14.0 Å². The summed E-state index contributed by atoms with van der Waals surface area (Å²) < 4.78 is 20.1. The average molecular weight is 468 g/mol. The van der Waals surface area contributed by atoms with Gasteiger partial charge in [-0.2, -0.15) is 0 Å². The first-order chi connectivity index (χ1) is 16.1. The van der Waals surface area contributed by atoms with E-state index in [1.54, 1.807) is 4.90 Å². The van der Waals surface area contributed by atoms with Gasteiger partial charge in [-0.05, 0) is 62.1 Å². The molecule has 0 N–H and O–H groups in total. The third kappa shape index (κ3) is 4.77. The highest BCUT2D eigenvalue weighted by molar-refractivity contribution is 7.22. The molecule has 1 atom stereocenters. The Morgan fingerprint density at radius 2 is 1.85 bits per heavy atom. The van der Waals surface area contributed by atoms with Gasteiger partial charge >= 0.3 is 0 Å². The van der Waals surface area contributed by atoms with Crippen molar-refractivity contribution < 1.29 is 18.7 Å². The number of thiazole rings is 1.